The normalized spacial score (nSPS) is 12.7. The SMILES string of the molecule is CC(=O)C(N=Nc1cccc(C(=O)Nc2cc(Cl)cc(C(F)(F)F)c2)c1Cl)C(=O)Nc1cc(C)c(NC(=O)C(N=Nc2cccc(C(=O)Nc3cc(Cl)cc(C(F)(F)F)c3)c2Cl)C(C)=O)c(C)c1. The maximum atomic E-state index is 13.4. The quantitative estimate of drug-likeness (QED) is 0.0484. The van der Waals surface area contributed by atoms with Gasteiger partial charge in [0, 0.05) is 32.8 Å². The molecule has 5 aromatic carbocycles. The van der Waals surface area contributed by atoms with Crippen molar-refractivity contribution < 1.29 is 55.1 Å². The molecule has 0 fully saturated rings. The number of alkyl halides is 6. The van der Waals surface area contributed by atoms with Crippen LogP contribution < -0.4 is 21.3 Å². The molecule has 354 valence electrons. The fourth-order valence-corrected chi connectivity index (χ4v) is 7.07. The second-order valence-electron chi connectivity index (χ2n) is 14.6. The maximum Gasteiger partial charge on any atom is 0.416 e. The molecule has 5 aromatic rings. The molecule has 0 spiro atoms. The number of azo groups is 2. The van der Waals surface area contributed by atoms with Crippen LogP contribution in [0.25, 0.3) is 0 Å². The van der Waals surface area contributed by atoms with Gasteiger partial charge in [0.05, 0.1) is 32.3 Å². The van der Waals surface area contributed by atoms with Crippen LogP contribution in [0.15, 0.2) is 105 Å². The van der Waals surface area contributed by atoms with E-state index >= 15 is 0 Å². The summed E-state index contributed by atoms with van der Waals surface area (Å²) in [6, 6.07) is 12.0. The molecule has 2 unspecified atom stereocenters. The summed E-state index contributed by atoms with van der Waals surface area (Å²) in [5.74, 6) is -5.25. The Morgan fingerprint density at radius 2 is 0.882 bits per heavy atom. The third kappa shape index (κ3) is 13.2. The van der Waals surface area contributed by atoms with Crippen molar-refractivity contribution in [2.45, 2.75) is 52.1 Å². The van der Waals surface area contributed by atoms with Gasteiger partial charge >= 0.3 is 12.4 Å². The Kier molecular flexibility index (Phi) is 16.5. The second kappa shape index (κ2) is 21.5. The zero-order valence-electron chi connectivity index (χ0n) is 35.3. The summed E-state index contributed by atoms with van der Waals surface area (Å²) in [7, 11) is 0. The highest BCUT2D eigenvalue weighted by molar-refractivity contribution is 6.37. The fraction of sp³-hybridized carbons (Fsp3) is 0.182. The fourth-order valence-electron chi connectivity index (χ4n) is 6.10. The molecule has 0 heterocycles. The van der Waals surface area contributed by atoms with Crippen LogP contribution >= 0.6 is 46.4 Å². The van der Waals surface area contributed by atoms with Crippen molar-refractivity contribution in [1.29, 1.82) is 0 Å². The van der Waals surface area contributed by atoms with Crippen LogP contribution in [0.1, 0.15) is 56.8 Å². The summed E-state index contributed by atoms with van der Waals surface area (Å²) >= 11 is 24.4. The van der Waals surface area contributed by atoms with Gasteiger partial charge in [0.15, 0.2) is 11.6 Å². The Balaban J connectivity index is 1.27. The monoisotopic (exact) mass is 1020 g/mol. The highest BCUT2D eigenvalue weighted by Crippen LogP contribution is 2.37. The first-order valence-electron chi connectivity index (χ1n) is 19.2. The molecule has 0 radical (unpaired) electrons. The van der Waals surface area contributed by atoms with Crippen LogP contribution in [0.5, 0.6) is 0 Å². The summed E-state index contributed by atoms with van der Waals surface area (Å²) in [4.78, 5) is 78.0. The molecule has 0 saturated heterocycles. The van der Waals surface area contributed by atoms with E-state index in [1.165, 1.54) is 48.5 Å². The van der Waals surface area contributed by atoms with Gasteiger partial charge in [-0.25, -0.2) is 0 Å². The van der Waals surface area contributed by atoms with E-state index in [-0.39, 0.29) is 65.3 Å². The average molecular weight is 1020 g/mol. The number of aryl methyl sites for hydroxylation is 2. The van der Waals surface area contributed by atoms with Crippen LogP contribution in [-0.4, -0.2) is 47.3 Å². The molecule has 24 heteroatoms. The molecule has 0 aromatic heterocycles. The van der Waals surface area contributed by atoms with Gasteiger partial charge < -0.3 is 21.3 Å². The standard InChI is InChI=1S/C44H32Cl4F6N8O6/c1-19-11-27(57-41(67)37(21(3)63)61-59-32-9-5-7-30(34(32)47)39(65)55-28-15-23(43(49,50)51)13-25(45)17-28)12-20(2)36(19)58-42(68)38(22(4)64)62-60-33-10-6-8-31(35(33)48)40(66)56-29-16-24(44(52,53)54)14-26(46)18-29/h5-18,37-38H,1-4H3,(H,55,65)(H,56,66)(H,57,67)(H,58,68). The Morgan fingerprint density at radius 1 is 0.515 bits per heavy atom. The van der Waals surface area contributed by atoms with Crippen molar-refractivity contribution in [2.24, 2.45) is 20.5 Å². The van der Waals surface area contributed by atoms with Crippen molar-refractivity contribution in [3.05, 3.63) is 138 Å². The maximum absolute atomic E-state index is 13.4. The minimum Gasteiger partial charge on any atom is -0.324 e. The van der Waals surface area contributed by atoms with E-state index in [1.807, 2.05) is 0 Å². The molecule has 0 aliphatic rings. The lowest BCUT2D eigenvalue weighted by molar-refractivity contribution is -0.138. The van der Waals surface area contributed by atoms with Gasteiger partial charge in [0.1, 0.15) is 11.4 Å². The highest BCUT2D eigenvalue weighted by atomic mass is 35.5. The Morgan fingerprint density at radius 3 is 1.25 bits per heavy atom. The molecule has 4 amide bonds. The molecule has 14 nitrogen and oxygen atoms in total. The molecular weight excluding hydrogens is 992 g/mol. The number of anilines is 4. The first-order chi connectivity index (χ1) is 31.7. The number of hydrogen-bond donors (Lipinski definition) is 4. The number of benzene rings is 5. The van der Waals surface area contributed by atoms with Gasteiger partial charge in [-0.15, -0.1) is 0 Å². The van der Waals surface area contributed by atoms with Crippen molar-refractivity contribution in [1.82, 2.24) is 0 Å². The van der Waals surface area contributed by atoms with Gasteiger partial charge in [0.25, 0.3) is 23.6 Å². The Labute approximate surface area is 401 Å². The largest absolute Gasteiger partial charge is 0.416 e. The van der Waals surface area contributed by atoms with E-state index in [1.54, 1.807) is 13.8 Å². The van der Waals surface area contributed by atoms with Crippen LogP contribution in [-0.2, 0) is 31.5 Å². The van der Waals surface area contributed by atoms with Gasteiger partial charge in [-0.1, -0.05) is 58.5 Å². The predicted molar refractivity (Wildman–Crippen MR) is 243 cm³/mol. The number of rotatable bonds is 14. The van der Waals surface area contributed by atoms with E-state index in [2.05, 4.69) is 41.7 Å². The molecule has 68 heavy (non-hydrogen) atoms. The summed E-state index contributed by atoms with van der Waals surface area (Å²) < 4.78 is 79.7. The van der Waals surface area contributed by atoms with E-state index < -0.39 is 70.8 Å². The van der Waals surface area contributed by atoms with E-state index in [0.717, 1.165) is 26.0 Å². The third-order valence-corrected chi connectivity index (χ3v) is 10.5. The first kappa shape index (κ1) is 52.2. The van der Waals surface area contributed by atoms with Gasteiger partial charge in [-0.3, -0.25) is 28.8 Å². The summed E-state index contributed by atoms with van der Waals surface area (Å²) in [5, 5.41) is 24.0. The number of Topliss-reactive ketones (excluding diaryl/α,β-unsaturated/α-hetero) is 2. The van der Waals surface area contributed by atoms with Crippen LogP contribution in [0, 0.1) is 13.8 Å². The number of halogens is 10. The minimum atomic E-state index is -4.75. The minimum absolute atomic E-state index is 0.147. The van der Waals surface area contributed by atoms with E-state index in [9.17, 15) is 55.1 Å². The average Bonchev–Trinajstić information content (AvgIpc) is 3.22. The van der Waals surface area contributed by atoms with Gasteiger partial charge in [-0.2, -0.15) is 46.8 Å². The predicted octanol–water partition coefficient (Wildman–Crippen LogP) is 12.8. The van der Waals surface area contributed by atoms with Crippen LogP contribution in [0.3, 0.4) is 0 Å². The molecule has 0 aliphatic heterocycles. The Hall–Kier alpha value is -6.74. The van der Waals surface area contributed by atoms with Crippen molar-refractivity contribution in [3.63, 3.8) is 0 Å². The number of ketones is 2. The lowest BCUT2D eigenvalue weighted by Crippen LogP contribution is -2.33. The zero-order chi connectivity index (χ0) is 50.4. The molecule has 0 aliphatic carbocycles. The number of amides is 4. The first-order valence-corrected chi connectivity index (χ1v) is 20.8. The molecule has 0 bridgehead atoms. The summed E-state index contributed by atoms with van der Waals surface area (Å²) in [6.45, 7) is 5.25. The summed E-state index contributed by atoms with van der Waals surface area (Å²) in [5.41, 5.74) is -2.48. The van der Waals surface area contributed by atoms with Crippen LogP contribution in [0.4, 0.5) is 60.5 Å². The highest BCUT2D eigenvalue weighted by Gasteiger charge is 2.33. The number of nitrogens with one attached hydrogen (secondary N) is 4. The molecule has 0 saturated carbocycles. The summed E-state index contributed by atoms with van der Waals surface area (Å²) in [6.07, 6.45) is -9.50. The number of carbonyl (C=O) groups excluding carboxylic acids is 6. The number of nitrogens with zero attached hydrogens (tertiary/aromatic N) is 4. The number of hydrogen-bond acceptors (Lipinski definition) is 10. The molecular formula is C44H32Cl4F6N8O6. The second-order valence-corrected chi connectivity index (χ2v) is 16.2. The van der Waals surface area contributed by atoms with E-state index in [0.29, 0.717) is 35.4 Å². The van der Waals surface area contributed by atoms with Crippen molar-refractivity contribution in [3.8, 4) is 0 Å². The number of carbonyl (C=O) groups is 6. The lowest BCUT2D eigenvalue weighted by Gasteiger charge is -2.17. The molecule has 5 rings (SSSR count). The van der Waals surface area contributed by atoms with Gasteiger partial charge in [-0.05, 0) is 112 Å². The Bertz CT molecular complexity index is 2910. The molecule has 4 N–H and O–H groups in total. The molecule has 2 atom stereocenters. The zero-order valence-corrected chi connectivity index (χ0v) is 38.3. The topological polar surface area (TPSA) is 200 Å². The van der Waals surface area contributed by atoms with Crippen molar-refractivity contribution in [2.75, 3.05) is 21.3 Å². The van der Waals surface area contributed by atoms with E-state index in [4.69, 9.17) is 46.4 Å². The van der Waals surface area contributed by atoms with Gasteiger partial charge in [0.2, 0.25) is 12.1 Å². The van der Waals surface area contributed by atoms with Crippen molar-refractivity contribution >= 4 is 116 Å². The third-order valence-electron chi connectivity index (χ3n) is 9.29. The lowest BCUT2D eigenvalue weighted by atomic mass is 10.1. The smallest absolute Gasteiger partial charge is 0.324 e. The van der Waals surface area contributed by atoms with Crippen LogP contribution in [0.2, 0.25) is 20.1 Å².